The third-order valence-electron chi connectivity index (χ3n) is 2.91. The summed E-state index contributed by atoms with van der Waals surface area (Å²) >= 11 is 1.76. The lowest BCUT2D eigenvalue weighted by atomic mass is 10.1. The van der Waals surface area contributed by atoms with E-state index in [2.05, 4.69) is 25.2 Å². The Hall–Kier alpha value is -1.55. The van der Waals surface area contributed by atoms with Gasteiger partial charge in [-0.2, -0.15) is 0 Å². The Balaban J connectivity index is 2.21. The molecule has 0 saturated carbocycles. The molecule has 0 saturated heterocycles. The van der Waals surface area contributed by atoms with E-state index in [1.165, 1.54) is 21.4 Å². The first kappa shape index (κ1) is 12.9. The van der Waals surface area contributed by atoms with E-state index in [1.54, 1.807) is 23.5 Å². The van der Waals surface area contributed by atoms with Crippen molar-refractivity contribution in [2.45, 2.75) is 26.8 Å². The first-order valence-corrected chi connectivity index (χ1v) is 6.67. The molecule has 1 atom stereocenters. The molecule has 0 aliphatic heterocycles. The molecule has 0 aliphatic rings. The molecule has 0 aliphatic carbocycles. The molecular formula is C14H17FN2S. The first-order valence-electron chi connectivity index (χ1n) is 5.86. The minimum Gasteiger partial charge on any atom is -0.399 e. The fourth-order valence-corrected chi connectivity index (χ4v) is 3.06. The van der Waals surface area contributed by atoms with Gasteiger partial charge in [0, 0.05) is 21.5 Å². The molecule has 18 heavy (non-hydrogen) atoms. The molecule has 2 rings (SSSR count). The Morgan fingerprint density at radius 1 is 1.28 bits per heavy atom. The molecule has 96 valence electrons. The van der Waals surface area contributed by atoms with Gasteiger partial charge in [-0.05, 0) is 50.6 Å². The minimum atomic E-state index is -0.313. The zero-order chi connectivity index (χ0) is 13.3. The van der Waals surface area contributed by atoms with Gasteiger partial charge < -0.3 is 11.1 Å². The van der Waals surface area contributed by atoms with Crippen LogP contribution in [0.25, 0.3) is 0 Å². The van der Waals surface area contributed by atoms with E-state index in [0.29, 0.717) is 11.4 Å². The highest BCUT2D eigenvalue weighted by Crippen LogP contribution is 2.29. The van der Waals surface area contributed by atoms with Gasteiger partial charge in [0.1, 0.15) is 5.82 Å². The zero-order valence-electron chi connectivity index (χ0n) is 10.8. The predicted molar refractivity (Wildman–Crippen MR) is 76.6 cm³/mol. The fraction of sp³-hybridized carbons (Fsp3) is 0.286. The van der Waals surface area contributed by atoms with Crippen LogP contribution in [0.4, 0.5) is 15.8 Å². The highest BCUT2D eigenvalue weighted by Gasteiger charge is 2.12. The number of anilines is 2. The number of thiophene rings is 1. The Morgan fingerprint density at radius 2 is 2.00 bits per heavy atom. The van der Waals surface area contributed by atoms with Gasteiger partial charge in [0.2, 0.25) is 0 Å². The highest BCUT2D eigenvalue weighted by molar-refractivity contribution is 7.12. The van der Waals surface area contributed by atoms with Crippen LogP contribution in [-0.2, 0) is 0 Å². The maximum absolute atomic E-state index is 13.7. The smallest absolute Gasteiger partial charge is 0.148 e. The molecule has 2 nitrogen and oxygen atoms in total. The van der Waals surface area contributed by atoms with Gasteiger partial charge in [0.25, 0.3) is 0 Å². The average molecular weight is 264 g/mol. The van der Waals surface area contributed by atoms with Crippen molar-refractivity contribution in [3.63, 3.8) is 0 Å². The summed E-state index contributed by atoms with van der Waals surface area (Å²) in [6.45, 7) is 6.20. The molecule has 0 bridgehead atoms. The van der Waals surface area contributed by atoms with Gasteiger partial charge in [0.05, 0.1) is 5.69 Å². The number of benzene rings is 1. The monoisotopic (exact) mass is 264 g/mol. The third kappa shape index (κ3) is 2.64. The van der Waals surface area contributed by atoms with E-state index in [1.807, 2.05) is 6.92 Å². The SMILES string of the molecule is Cc1cc(C(C)Nc2ccc(N)cc2F)c(C)s1. The first-order chi connectivity index (χ1) is 8.47. The third-order valence-corrected chi connectivity index (χ3v) is 3.89. The summed E-state index contributed by atoms with van der Waals surface area (Å²) < 4.78 is 13.7. The quantitative estimate of drug-likeness (QED) is 0.813. The van der Waals surface area contributed by atoms with E-state index in [0.717, 1.165) is 0 Å². The summed E-state index contributed by atoms with van der Waals surface area (Å²) in [4.78, 5) is 2.54. The predicted octanol–water partition coefficient (Wildman–Crippen LogP) is 4.26. The second kappa shape index (κ2) is 4.98. The topological polar surface area (TPSA) is 38.0 Å². The van der Waals surface area contributed by atoms with E-state index in [-0.39, 0.29) is 11.9 Å². The number of rotatable bonds is 3. The molecule has 1 heterocycles. The average Bonchev–Trinajstić information content (AvgIpc) is 2.62. The Morgan fingerprint density at radius 3 is 2.56 bits per heavy atom. The molecule has 1 aromatic heterocycles. The van der Waals surface area contributed by atoms with Gasteiger partial charge in [-0.3, -0.25) is 0 Å². The van der Waals surface area contributed by atoms with Crippen LogP contribution in [-0.4, -0.2) is 0 Å². The van der Waals surface area contributed by atoms with Gasteiger partial charge >= 0.3 is 0 Å². The van der Waals surface area contributed by atoms with Crippen LogP contribution in [0.2, 0.25) is 0 Å². The second-order valence-electron chi connectivity index (χ2n) is 4.47. The van der Waals surface area contributed by atoms with Crippen LogP contribution >= 0.6 is 11.3 Å². The summed E-state index contributed by atoms with van der Waals surface area (Å²) in [7, 11) is 0. The molecular weight excluding hydrogens is 247 g/mol. The fourth-order valence-electron chi connectivity index (χ4n) is 2.04. The van der Waals surface area contributed by atoms with E-state index < -0.39 is 0 Å². The Labute approximate surface area is 111 Å². The zero-order valence-corrected chi connectivity index (χ0v) is 11.6. The van der Waals surface area contributed by atoms with Crippen molar-refractivity contribution in [3.8, 4) is 0 Å². The molecule has 1 unspecified atom stereocenters. The van der Waals surface area contributed by atoms with Crippen molar-refractivity contribution in [1.82, 2.24) is 0 Å². The number of nitrogens with two attached hydrogens (primary N) is 1. The summed E-state index contributed by atoms with van der Waals surface area (Å²) in [6.07, 6.45) is 0. The Kier molecular flexibility index (Phi) is 3.57. The number of hydrogen-bond donors (Lipinski definition) is 2. The number of nitrogen functional groups attached to an aromatic ring is 1. The number of halogens is 1. The molecule has 4 heteroatoms. The van der Waals surface area contributed by atoms with Crippen LogP contribution < -0.4 is 11.1 Å². The van der Waals surface area contributed by atoms with Crippen LogP contribution in [0.3, 0.4) is 0 Å². The molecule has 0 radical (unpaired) electrons. The van der Waals surface area contributed by atoms with E-state index in [4.69, 9.17) is 5.73 Å². The molecule has 0 fully saturated rings. The van der Waals surface area contributed by atoms with Crippen molar-refractivity contribution in [3.05, 3.63) is 45.4 Å². The maximum atomic E-state index is 13.7. The van der Waals surface area contributed by atoms with Crippen LogP contribution in [0.15, 0.2) is 24.3 Å². The van der Waals surface area contributed by atoms with Crippen molar-refractivity contribution < 1.29 is 4.39 Å². The standard InChI is InChI=1S/C14H17FN2S/c1-8-6-12(10(3)18-8)9(2)17-14-5-4-11(16)7-13(14)15/h4-7,9,17H,16H2,1-3H3. The number of hydrogen-bond acceptors (Lipinski definition) is 3. The normalized spacial score (nSPS) is 12.4. The minimum absolute atomic E-state index is 0.0769. The van der Waals surface area contributed by atoms with Crippen molar-refractivity contribution in [1.29, 1.82) is 0 Å². The molecule has 0 spiro atoms. The highest BCUT2D eigenvalue weighted by atomic mass is 32.1. The number of nitrogens with one attached hydrogen (secondary N) is 1. The van der Waals surface area contributed by atoms with Crippen molar-refractivity contribution in [2.75, 3.05) is 11.1 Å². The number of aryl methyl sites for hydroxylation is 2. The Bertz CT molecular complexity index is 563. The van der Waals surface area contributed by atoms with E-state index in [9.17, 15) is 4.39 Å². The summed E-state index contributed by atoms with van der Waals surface area (Å²) in [5.41, 5.74) is 7.67. The lowest BCUT2D eigenvalue weighted by Crippen LogP contribution is -2.08. The lowest BCUT2D eigenvalue weighted by Gasteiger charge is -2.16. The van der Waals surface area contributed by atoms with Crippen LogP contribution in [0, 0.1) is 19.7 Å². The molecule has 2 aromatic rings. The van der Waals surface area contributed by atoms with Gasteiger partial charge in [-0.25, -0.2) is 4.39 Å². The molecule has 3 N–H and O–H groups in total. The van der Waals surface area contributed by atoms with Crippen LogP contribution in [0.1, 0.15) is 28.3 Å². The summed E-state index contributed by atoms with van der Waals surface area (Å²) in [5.74, 6) is -0.313. The lowest BCUT2D eigenvalue weighted by molar-refractivity contribution is 0.628. The van der Waals surface area contributed by atoms with Crippen molar-refractivity contribution >= 4 is 22.7 Å². The maximum Gasteiger partial charge on any atom is 0.148 e. The molecule has 0 amide bonds. The van der Waals surface area contributed by atoms with Crippen LogP contribution in [0.5, 0.6) is 0 Å². The van der Waals surface area contributed by atoms with Crippen molar-refractivity contribution in [2.24, 2.45) is 0 Å². The van der Waals surface area contributed by atoms with Gasteiger partial charge in [-0.15, -0.1) is 11.3 Å². The van der Waals surface area contributed by atoms with Gasteiger partial charge in [0.15, 0.2) is 0 Å². The molecule has 1 aromatic carbocycles. The van der Waals surface area contributed by atoms with E-state index >= 15 is 0 Å². The largest absolute Gasteiger partial charge is 0.399 e. The summed E-state index contributed by atoms with van der Waals surface area (Å²) in [6, 6.07) is 6.93. The summed E-state index contributed by atoms with van der Waals surface area (Å²) in [5, 5.41) is 3.18. The second-order valence-corrected chi connectivity index (χ2v) is 5.93. The van der Waals surface area contributed by atoms with Gasteiger partial charge in [-0.1, -0.05) is 0 Å².